The highest BCUT2D eigenvalue weighted by atomic mass is 35.5. The van der Waals surface area contributed by atoms with Crippen molar-refractivity contribution in [1.82, 2.24) is 4.98 Å². The van der Waals surface area contributed by atoms with Gasteiger partial charge in [-0.05, 0) is 25.0 Å². The summed E-state index contributed by atoms with van der Waals surface area (Å²) in [4.78, 5) is 9.06. The molecule has 1 aromatic carbocycles. The van der Waals surface area contributed by atoms with Gasteiger partial charge in [0, 0.05) is 28.9 Å². The lowest BCUT2D eigenvalue weighted by atomic mass is 10.2. The Kier molecular flexibility index (Phi) is 3.80. The van der Waals surface area contributed by atoms with Crippen molar-refractivity contribution in [3.05, 3.63) is 34.7 Å². The molecule has 0 fully saturated rings. The van der Waals surface area contributed by atoms with Crippen LogP contribution in [0.25, 0.3) is 11.3 Å². The fraction of sp³-hybridized carbons (Fsp3) is 0.286. The van der Waals surface area contributed by atoms with Crippen LogP contribution in [0.2, 0.25) is 5.02 Å². The summed E-state index contributed by atoms with van der Waals surface area (Å²) in [6.45, 7) is 0.928. The number of nitrogens with one attached hydrogen (secondary N) is 1. The fourth-order valence-electron chi connectivity index (χ4n) is 2.01. The van der Waals surface area contributed by atoms with Crippen LogP contribution in [0.1, 0.15) is 19.3 Å². The maximum absolute atomic E-state index is 5.89. The Hall–Kier alpha value is -1.39. The normalized spacial score (nSPS) is 15.1. The number of hydrogen-bond donors (Lipinski definition) is 1. The molecule has 0 amide bonds. The van der Waals surface area contributed by atoms with E-state index in [1.807, 2.05) is 24.3 Å². The highest BCUT2D eigenvalue weighted by molar-refractivity contribution is 7.14. The predicted octanol–water partition coefficient (Wildman–Crippen LogP) is 4.46. The van der Waals surface area contributed by atoms with Crippen molar-refractivity contribution in [2.75, 3.05) is 11.9 Å². The van der Waals surface area contributed by atoms with E-state index in [-0.39, 0.29) is 0 Å². The molecule has 5 heteroatoms. The smallest absolute Gasteiger partial charge is 0.188 e. The van der Waals surface area contributed by atoms with Crippen LogP contribution in [-0.2, 0) is 0 Å². The zero-order chi connectivity index (χ0) is 13.1. The molecule has 0 radical (unpaired) electrons. The highest BCUT2D eigenvalue weighted by Crippen LogP contribution is 2.26. The number of aliphatic imine (C=N–C) groups is 1. The van der Waals surface area contributed by atoms with Crippen molar-refractivity contribution in [1.29, 1.82) is 0 Å². The molecule has 0 bridgehead atoms. The number of thiazole rings is 1. The third kappa shape index (κ3) is 3.14. The number of aromatic nitrogens is 1. The van der Waals surface area contributed by atoms with Gasteiger partial charge in [0.05, 0.1) is 5.69 Å². The summed E-state index contributed by atoms with van der Waals surface area (Å²) in [5, 5.41) is 7.02. The third-order valence-corrected chi connectivity index (χ3v) is 4.03. The summed E-state index contributed by atoms with van der Waals surface area (Å²) in [6.07, 6.45) is 3.43. The minimum absolute atomic E-state index is 0.744. The van der Waals surface area contributed by atoms with E-state index in [1.165, 1.54) is 12.8 Å². The lowest BCUT2D eigenvalue weighted by molar-refractivity contribution is 0.737. The van der Waals surface area contributed by atoms with Crippen LogP contribution in [-0.4, -0.2) is 17.4 Å². The van der Waals surface area contributed by atoms with Crippen molar-refractivity contribution in [2.45, 2.75) is 19.3 Å². The van der Waals surface area contributed by atoms with E-state index < -0.39 is 0 Å². The second kappa shape index (κ2) is 5.72. The van der Waals surface area contributed by atoms with Gasteiger partial charge < -0.3 is 5.32 Å². The number of hydrogen-bond acceptors (Lipinski definition) is 4. The van der Waals surface area contributed by atoms with Gasteiger partial charge >= 0.3 is 0 Å². The Balaban J connectivity index is 1.75. The average molecular weight is 292 g/mol. The first kappa shape index (κ1) is 12.6. The topological polar surface area (TPSA) is 37.3 Å². The maximum Gasteiger partial charge on any atom is 0.188 e. The molecular formula is C14H14ClN3S. The Labute approximate surface area is 121 Å². The first-order valence-corrected chi connectivity index (χ1v) is 7.59. The van der Waals surface area contributed by atoms with E-state index in [0.29, 0.717) is 0 Å². The largest absolute Gasteiger partial charge is 0.320 e. The maximum atomic E-state index is 5.89. The second-order valence-electron chi connectivity index (χ2n) is 4.46. The van der Waals surface area contributed by atoms with Gasteiger partial charge in [-0.2, -0.15) is 0 Å². The number of anilines is 1. The van der Waals surface area contributed by atoms with Crippen molar-refractivity contribution >= 4 is 33.9 Å². The molecule has 0 aliphatic carbocycles. The molecule has 3 nitrogen and oxygen atoms in total. The Bertz CT molecular complexity index is 589. The third-order valence-electron chi connectivity index (χ3n) is 3.02. The minimum Gasteiger partial charge on any atom is -0.320 e. The number of benzene rings is 1. The van der Waals surface area contributed by atoms with Crippen LogP contribution < -0.4 is 5.32 Å². The molecule has 0 saturated heterocycles. The molecule has 1 aliphatic rings. The Morgan fingerprint density at radius 1 is 1.16 bits per heavy atom. The predicted molar refractivity (Wildman–Crippen MR) is 82.3 cm³/mol. The molecule has 0 spiro atoms. The van der Waals surface area contributed by atoms with Crippen LogP contribution in [0.3, 0.4) is 0 Å². The lowest BCUT2D eigenvalue weighted by Gasteiger charge is -2.11. The van der Waals surface area contributed by atoms with E-state index in [1.54, 1.807) is 11.3 Å². The van der Waals surface area contributed by atoms with Gasteiger partial charge in [-0.3, -0.25) is 4.99 Å². The first-order chi connectivity index (χ1) is 9.31. The van der Waals surface area contributed by atoms with E-state index in [9.17, 15) is 0 Å². The molecule has 0 atom stereocenters. The summed E-state index contributed by atoms with van der Waals surface area (Å²) >= 11 is 7.49. The molecule has 2 heterocycles. The average Bonchev–Trinajstić information content (AvgIpc) is 2.89. The van der Waals surface area contributed by atoms with Crippen molar-refractivity contribution < 1.29 is 0 Å². The van der Waals surface area contributed by atoms with Crippen LogP contribution in [0, 0.1) is 0 Å². The van der Waals surface area contributed by atoms with Gasteiger partial charge in [0.1, 0.15) is 5.84 Å². The number of halogens is 1. The number of nitrogens with zero attached hydrogens (tertiary/aromatic N) is 2. The standard InChI is InChI=1S/C14H14ClN3S/c15-11-6-4-10(5-7-11)12-9-19-14(17-12)18-13-3-1-2-8-16-13/h4-7,9H,1-3,8H2,(H,16,17,18). The lowest BCUT2D eigenvalue weighted by Crippen LogP contribution is -2.15. The van der Waals surface area contributed by atoms with E-state index in [2.05, 4.69) is 20.7 Å². The number of rotatable bonds is 2. The van der Waals surface area contributed by atoms with E-state index >= 15 is 0 Å². The second-order valence-corrected chi connectivity index (χ2v) is 5.75. The Morgan fingerprint density at radius 3 is 2.74 bits per heavy atom. The van der Waals surface area contributed by atoms with Crippen LogP contribution in [0.5, 0.6) is 0 Å². The molecule has 1 aliphatic heterocycles. The molecule has 0 saturated carbocycles. The monoisotopic (exact) mass is 291 g/mol. The van der Waals surface area contributed by atoms with Gasteiger partial charge in [0.2, 0.25) is 0 Å². The quantitative estimate of drug-likeness (QED) is 0.887. The summed E-state index contributed by atoms with van der Waals surface area (Å²) in [5.41, 5.74) is 2.06. The highest BCUT2D eigenvalue weighted by Gasteiger charge is 2.09. The molecular weight excluding hydrogens is 278 g/mol. The van der Waals surface area contributed by atoms with Gasteiger partial charge in [-0.15, -0.1) is 11.3 Å². The van der Waals surface area contributed by atoms with Gasteiger partial charge in [0.15, 0.2) is 5.13 Å². The molecule has 1 aromatic heterocycles. The summed E-state index contributed by atoms with van der Waals surface area (Å²) < 4.78 is 0. The molecule has 0 unspecified atom stereocenters. The van der Waals surface area contributed by atoms with Gasteiger partial charge in [0.25, 0.3) is 0 Å². The zero-order valence-corrected chi connectivity index (χ0v) is 12.0. The SMILES string of the molecule is Clc1ccc(-c2csc(NC3=NCCCC3)n2)cc1. The first-order valence-electron chi connectivity index (χ1n) is 6.33. The summed E-state index contributed by atoms with van der Waals surface area (Å²) in [6, 6.07) is 7.74. The van der Waals surface area contributed by atoms with Gasteiger partial charge in [-0.25, -0.2) is 4.98 Å². The van der Waals surface area contributed by atoms with Crippen molar-refractivity contribution in [2.24, 2.45) is 4.99 Å². The van der Waals surface area contributed by atoms with E-state index in [0.717, 1.165) is 40.2 Å². The summed E-state index contributed by atoms with van der Waals surface area (Å²) in [5.74, 6) is 1.06. The minimum atomic E-state index is 0.744. The van der Waals surface area contributed by atoms with E-state index in [4.69, 9.17) is 11.6 Å². The van der Waals surface area contributed by atoms with Crippen molar-refractivity contribution in [3.63, 3.8) is 0 Å². The Morgan fingerprint density at radius 2 is 2.00 bits per heavy atom. The zero-order valence-electron chi connectivity index (χ0n) is 10.4. The van der Waals surface area contributed by atoms with Crippen molar-refractivity contribution in [3.8, 4) is 11.3 Å². The molecule has 98 valence electrons. The molecule has 3 rings (SSSR count). The molecule has 19 heavy (non-hydrogen) atoms. The summed E-state index contributed by atoms with van der Waals surface area (Å²) in [7, 11) is 0. The fourth-order valence-corrected chi connectivity index (χ4v) is 2.87. The van der Waals surface area contributed by atoms with Crippen LogP contribution in [0.15, 0.2) is 34.6 Å². The van der Waals surface area contributed by atoms with Crippen LogP contribution in [0.4, 0.5) is 5.13 Å². The van der Waals surface area contributed by atoms with Crippen LogP contribution >= 0.6 is 22.9 Å². The molecule has 2 aromatic rings. The molecule has 1 N–H and O–H groups in total. The van der Waals surface area contributed by atoms with Gasteiger partial charge in [-0.1, -0.05) is 23.7 Å². The number of amidine groups is 1.